The Morgan fingerprint density at radius 2 is 1.42 bits per heavy atom. The SMILES string of the molecule is CC(C)[Si](OC[C@@H](O)CCCCCl)(C(C)C)C(C)C. The van der Waals surface area contributed by atoms with Crippen molar-refractivity contribution in [3.05, 3.63) is 0 Å². The van der Waals surface area contributed by atoms with Crippen molar-refractivity contribution in [1.82, 2.24) is 0 Å². The van der Waals surface area contributed by atoms with Gasteiger partial charge >= 0.3 is 0 Å². The third-order valence-electron chi connectivity index (χ3n) is 4.15. The molecule has 0 radical (unpaired) electrons. The molecule has 0 fully saturated rings. The Balaban J connectivity index is 4.50. The van der Waals surface area contributed by atoms with E-state index in [1.165, 1.54) is 0 Å². The average molecular weight is 309 g/mol. The van der Waals surface area contributed by atoms with Crippen LogP contribution in [0.3, 0.4) is 0 Å². The fourth-order valence-corrected chi connectivity index (χ4v) is 8.97. The first-order valence-electron chi connectivity index (χ1n) is 7.66. The largest absolute Gasteiger partial charge is 0.413 e. The summed E-state index contributed by atoms with van der Waals surface area (Å²) in [6.45, 7) is 14.1. The number of alkyl halides is 1. The molecule has 0 bridgehead atoms. The Morgan fingerprint density at radius 3 is 1.79 bits per heavy atom. The van der Waals surface area contributed by atoms with Gasteiger partial charge in [-0.3, -0.25) is 0 Å². The molecule has 0 saturated carbocycles. The van der Waals surface area contributed by atoms with Crippen LogP contribution >= 0.6 is 11.6 Å². The van der Waals surface area contributed by atoms with Crippen LogP contribution < -0.4 is 0 Å². The number of halogens is 1. The Hall–Kier alpha value is 0.427. The van der Waals surface area contributed by atoms with Crippen LogP contribution in [-0.2, 0) is 4.43 Å². The van der Waals surface area contributed by atoms with E-state index in [2.05, 4.69) is 41.5 Å². The van der Waals surface area contributed by atoms with Gasteiger partial charge in [0.1, 0.15) is 0 Å². The van der Waals surface area contributed by atoms with E-state index in [0.29, 0.717) is 29.1 Å². The molecule has 19 heavy (non-hydrogen) atoms. The second-order valence-corrected chi connectivity index (χ2v) is 12.3. The number of hydrogen-bond donors (Lipinski definition) is 1. The molecule has 116 valence electrons. The molecule has 0 heterocycles. The number of rotatable bonds is 10. The van der Waals surface area contributed by atoms with Crippen LogP contribution in [0.2, 0.25) is 16.6 Å². The summed E-state index contributed by atoms with van der Waals surface area (Å²) in [6.07, 6.45) is 2.41. The normalized spacial score (nSPS) is 14.7. The van der Waals surface area contributed by atoms with Gasteiger partial charge in [0.05, 0.1) is 12.7 Å². The van der Waals surface area contributed by atoms with Crippen LogP contribution in [0, 0.1) is 0 Å². The van der Waals surface area contributed by atoms with Crippen LogP contribution in [0.4, 0.5) is 0 Å². The average Bonchev–Trinajstić information content (AvgIpc) is 2.28. The van der Waals surface area contributed by atoms with E-state index in [9.17, 15) is 5.11 Å². The number of hydrogen-bond acceptors (Lipinski definition) is 2. The fraction of sp³-hybridized carbons (Fsp3) is 1.00. The molecule has 0 aliphatic heterocycles. The van der Waals surface area contributed by atoms with Gasteiger partial charge in [0.15, 0.2) is 8.32 Å². The van der Waals surface area contributed by atoms with Gasteiger partial charge in [-0.2, -0.15) is 0 Å². The van der Waals surface area contributed by atoms with E-state index in [1.54, 1.807) is 0 Å². The van der Waals surface area contributed by atoms with E-state index < -0.39 is 8.32 Å². The van der Waals surface area contributed by atoms with Crippen molar-refractivity contribution in [3.63, 3.8) is 0 Å². The zero-order chi connectivity index (χ0) is 15.1. The Morgan fingerprint density at radius 1 is 0.947 bits per heavy atom. The molecule has 0 aromatic rings. The molecule has 0 amide bonds. The highest BCUT2D eigenvalue weighted by molar-refractivity contribution is 6.77. The summed E-state index contributed by atoms with van der Waals surface area (Å²) in [5, 5.41) is 10.0. The molecule has 1 atom stereocenters. The maximum Gasteiger partial charge on any atom is 0.200 e. The molecule has 0 rings (SSSR count). The molecule has 2 nitrogen and oxygen atoms in total. The predicted octanol–water partition coefficient (Wildman–Crippen LogP) is 4.95. The number of aliphatic hydroxyl groups is 1. The summed E-state index contributed by atoms with van der Waals surface area (Å²) >= 11 is 5.65. The molecule has 0 aromatic carbocycles. The molecular formula is C15H33ClO2Si. The maximum atomic E-state index is 10.0. The van der Waals surface area contributed by atoms with Gasteiger partial charge in [-0.05, 0) is 35.9 Å². The quantitative estimate of drug-likeness (QED) is 0.351. The second kappa shape index (κ2) is 9.38. The van der Waals surface area contributed by atoms with Crippen molar-refractivity contribution in [2.24, 2.45) is 0 Å². The second-order valence-electron chi connectivity index (χ2n) is 6.47. The molecule has 1 N–H and O–H groups in total. The molecule has 0 unspecified atom stereocenters. The zero-order valence-electron chi connectivity index (χ0n) is 13.6. The van der Waals surface area contributed by atoms with Crippen LogP contribution in [0.25, 0.3) is 0 Å². The van der Waals surface area contributed by atoms with E-state index in [0.717, 1.165) is 19.3 Å². The van der Waals surface area contributed by atoms with Gasteiger partial charge < -0.3 is 9.53 Å². The zero-order valence-corrected chi connectivity index (χ0v) is 15.3. The molecule has 0 aliphatic carbocycles. The number of aliphatic hydroxyl groups excluding tert-OH is 1. The Bertz CT molecular complexity index is 210. The minimum Gasteiger partial charge on any atom is -0.413 e. The molecular weight excluding hydrogens is 276 g/mol. The lowest BCUT2D eigenvalue weighted by Gasteiger charge is -2.42. The van der Waals surface area contributed by atoms with Crippen molar-refractivity contribution < 1.29 is 9.53 Å². The first-order valence-corrected chi connectivity index (χ1v) is 10.3. The van der Waals surface area contributed by atoms with Crippen LogP contribution in [-0.4, -0.2) is 32.0 Å². The lowest BCUT2D eigenvalue weighted by Crippen LogP contribution is -2.49. The van der Waals surface area contributed by atoms with Crippen molar-refractivity contribution in [3.8, 4) is 0 Å². The maximum absolute atomic E-state index is 10.0. The molecule has 0 spiro atoms. The lowest BCUT2D eigenvalue weighted by atomic mass is 10.2. The predicted molar refractivity (Wildman–Crippen MR) is 87.6 cm³/mol. The van der Waals surface area contributed by atoms with Gasteiger partial charge in [0.2, 0.25) is 0 Å². The monoisotopic (exact) mass is 308 g/mol. The van der Waals surface area contributed by atoms with Crippen molar-refractivity contribution >= 4 is 19.9 Å². The topological polar surface area (TPSA) is 29.5 Å². The summed E-state index contributed by atoms with van der Waals surface area (Å²) in [5.41, 5.74) is 1.72. The van der Waals surface area contributed by atoms with Crippen molar-refractivity contribution in [2.45, 2.75) is 83.5 Å². The van der Waals surface area contributed by atoms with Gasteiger partial charge in [-0.1, -0.05) is 41.5 Å². The highest BCUT2D eigenvalue weighted by Crippen LogP contribution is 2.42. The summed E-state index contributed by atoms with van der Waals surface area (Å²) in [6, 6.07) is 0. The molecule has 0 saturated heterocycles. The van der Waals surface area contributed by atoms with Gasteiger partial charge in [0, 0.05) is 5.88 Å². The number of unbranched alkanes of at least 4 members (excludes halogenated alkanes) is 1. The molecule has 0 aromatic heterocycles. The highest BCUT2D eigenvalue weighted by atomic mass is 35.5. The smallest absolute Gasteiger partial charge is 0.200 e. The minimum absolute atomic E-state index is 0.341. The first kappa shape index (κ1) is 19.4. The van der Waals surface area contributed by atoms with Crippen molar-refractivity contribution in [2.75, 3.05) is 12.5 Å². The fourth-order valence-electron chi connectivity index (χ4n) is 3.30. The highest BCUT2D eigenvalue weighted by Gasteiger charge is 2.45. The van der Waals surface area contributed by atoms with Crippen molar-refractivity contribution in [1.29, 1.82) is 0 Å². The molecule has 4 heteroatoms. The first-order chi connectivity index (χ1) is 8.78. The van der Waals surface area contributed by atoms with Gasteiger partial charge in [0.25, 0.3) is 0 Å². The Kier molecular flexibility index (Phi) is 9.59. The van der Waals surface area contributed by atoms with Crippen LogP contribution in [0.15, 0.2) is 0 Å². The van der Waals surface area contributed by atoms with E-state index in [1.807, 2.05) is 0 Å². The summed E-state index contributed by atoms with van der Waals surface area (Å²) in [5.74, 6) is 0.677. The van der Waals surface area contributed by atoms with E-state index >= 15 is 0 Å². The summed E-state index contributed by atoms with van der Waals surface area (Å²) in [4.78, 5) is 0. The third-order valence-corrected chi connectivity index (χ3v) is 10.5. The Labute approximate surface area is 126 Å². The van der Waals surface area contributed by atoms with Crippen LogP contribution in [0.1, 0.15) is 60.8 Å². The standard InChI is InChI=1S/C15H33ClO2Si/c1-12(2)19(13(3)4,14(5)6)18-11-15(17)9-7-8-10-16/h12-15,17H,7-11H2,1-6H3/t15-/m0/s1. The van der Waals surface area contributed by atoms with E-state index in [-0.39, 0.29) is 6.10 Å². The molecule has 0 aliphatic rings. The lowest BCUT2D eigenvalue weighted by molar-refractivity contribution is 0.0888. The van der Waals surface area contributed by atoms with Crippen LogP contribution in [0.5, 0.6) is 0 Å². The summed E-state index contributed by atoms with van der Waals surface area (Å²) in [7, 11) is -1.82. The summed E-state index contributed by atoms with van der Waals surface area (Å²) < 4.78 is 6.36. The van der Waals surface area contributed by atoms with Gasteiger partial charge in [-0.15, -0.1) is 11.6 Å². The minimum atomic E-state index is -1.82. The van der Waals surface area contributed by atoms with E-state index in [4.69, 9.17) is 16.0 Å². The van der Waals surface area contributed by atoms with Gasteiger partial charge in [-0.25, -0.2) is 0 Å². The third kappa shape index (κ3) is 5.74.